The molecule has 4 rings (SSSR count). The molecule has 1 aliphatic carbocycles. The molecule has 1 unspecified atom stereocenters. The molecule has 0 aromatic heterocycles. The molecule has 9 heteroatoms. The molecule has 1 atom stereocenters. The first kappa shape index (κ1) is 28.4. The van der Waals surface area contributed by atoms with E-state index in [0.29, 0.717) is 23.2 Å². The van der Waals surface area contributed by atoms with Crippen LogP contribution in [0.3, 0.4) is 0 Å². The number of benzene rings is 3. The number of nitrogens with one attached hydrogen (secondary N) is 1. The molecule has 202 valence electrons. The highest BCUT2D eigenvalue weighted by Crippen LogP contribution is 2.37. The van der Waals surface area contributed by atoms with E-state index in [2.05, 4.69) is 48.6 Å². The Labute approximate surface area is 235 Å². The molecule has 1 N–H and O–H groups in total. The molecule has 6 nitrogen and oxygen atoms in total. The van der Waals surface area contributed by atoms with Gasteiger partial charge < -0.3 is 10.2 Å². The molecule has 3 aromatic carbocycles. The monoisotopic (exact) mass is 573 g/mol. The topological polar surface area (TPSA) is 69.7 Å². The smallest absolute Gasteiger partial charge is 0.264 e. The van der Waals surface area contributed by atoms with Crippen molar-refractivity contribution in [3.05, 3.63) is 94.0 Å². The molecule has 0 spiro atoms. The fraction of sp³-hybridized carbons (Fsp3) is 0.345. The standard InChI is InChI=1S/C29H33Cl2N3O3S/c1-33(2)28(20-9-5-4-6-10-20)21-13-15-22(16-14-21)32-29(35)24-11-7-8-12-27(24)34(3)38(36,37)23-17-18-25(30)26(31)19-23/h4-12,17-19,21-22,28H,13-16H2,1-3H3,(H,32,35). The maximum atomic E-state index is 13.4. The van der Waals surface area contributed by atoms with Crippen LogP contribution in [0.25, 0.3) is 0 Å². The van der Waals surface area contributed by atoms with Gasteiger partial charge in [0.15, 0.2) is 0 Å². The molecule has 1 amide bonds. The van der Waals surface area contributed by atoms with Gasteiger partial charge in [-0.3, -0.25) is 9.10 Å². The van der Waals surface area contributed by atoms with Crippen molar-refractivity contribution in [3.63, 3.8) is 0 Å². The second-order valence-electron chi connectivity index (χ2n) is 9.97. The van der Waals surface area contributed by atoms with Crippen molar-refractivity contribution in [2.45, 2.75) is 42.7 Å². The van der Waals surface area contributed by atoms with E-state index in [1.165, 1.54) is 30.8 Å². The van der Waals surface area contributed by atoms with Gasteiger partial charge in [-0.05, 0) is 81.6 Å². The van der Waals surface area contributed by atoms with Crippen molar-refractivity contribution in [1.82, 2.24) is 10.2 Å². The molecule has 0 radical (unpaired) electrons. The van der Waals surface area contributed by atoms with E-state index in [4.69, 9.17) is 23.2 Å². The third-order valence-corrected chi connectivity index (χ3v) is 9.79. The summed E-state index contributed by atoms with van der Waals surface area (Å²) in [4.78, 5) is 15.6. The minimum absolute atomic E-state index is 0.00297. The third-order valence-electron chi connectivity index (χ3n) is 7.29. The van der Waals surface area contributed by atoms with Gasteiger partial charge in [0.05, 0.1) is 26.2 Å². The normalized spacial score (nSPS) is 18.7. The van der Waals surface area contributed by atoms with E-state index in [1.807, 2.05) is 6.07 Å². The highest BCUT2D eigenvalue weighted by Gasteiger charge is 2.31. The van der Waals surface area contributed by atoms with Gasteiger partial charge in [0.1, 0.15) is 0 Å². The van der Waals surface area contributed by atoms with Gasteiger partial charge in [-0.25, -0.2) is 8.42 Å². The zero-order valence-electron chi connectivity index (χ0n) is 21.8. The average molecular weight is 575 g/mol. The van der Waals surface area contributed by atoms with E-state index < -0.39 is 10.0 Å². The minimum atomic E-state index is -3.97. The van der Waals surface area contributed by atoms with Crippen molar-refractivity contribution in [1.29, 1.82) is 0 Å². The summed E-state index contributed by atoms with van der Waals surface area (Å²) >= 11 is 12.0. The van der Waals surface area contributed by atoms with Crippen LogP contribution in [0.5, 0.6) is 0 Å². The van der Waals surface area contributed by atoms with Crippen molar-refractivity contribution in [2.24, 2.45) is 5.92 Å². The molecule has 0 saturated heterocycles. The van der Waals surface area contributed by atoms with E-state index in [9.17, 15) is 13.2 Å². The van der Waals surface area contributed by atoms with Crippen molar-refractivity contribution in [2.75, 3.05) is 25.4 Å². The summed E-state index contributed by atoms with van der Waals surface area (Å²) in [6, 6.07) is 21.8. The van der Waals surface area contributed by atoms with E-state index >= 15 is 0 Å². The number of nitrogens with zero attached hydrogens (tertiary/aromatic N) is 2. The summed E-state index contributed by atoms with van der Waals surface area (Å²) in [5, 5.41) is 3.57. The van der Waals surface area contributed by atoms with Crippen molar-refractivity contribution < 1.29 is 13.2 Å². The molecule has 3 aromatic rings. The molecule has 1 saturated carbocycles. The molecule has 1 aliphatic rings. The van der Waals surface area contributed by atoms with Crippen LogP contribution in [0.2, 0.25) is 10.0 Å². The highest BCUT2D eigenvalue weighted by atomic mass is 35.5. The zero-order chi connectivity index (χ0) is 27.4. The Morgan fingerprint density at radius 2 is 1.50 bits per heavy atom. The molecule has 1 fully saturated rings. The first-order chi connectivity index (χ1) is 18.1. The zero-order valence-corrected chi connectivity index (χ0v) is 24.1. The number of carbonyl (C=O) groups excluding carboxylic acids is 1. The number of amides is 1. The number of anilines is 1. The summed E-state index contributed by atoms with van der Waals surface area (Å²) in [5.41, 5.74) is 1.91. The summed E-state index contributed by atoms with van der Waals surface area (Å²) in [6.45, 7) is 0. The Bertz CT molecular complexity index is 1370. The molecule has 0 bridgehead atoms. The van der Waals surface area contributed by atoms with Gasteiger partial charge in [-0.15, -0.1) is 0 Å². The van der Waals surface area contributed by atoms with E-state index in [0.717, 1.165) is 30.0 Å². The van der Waals surface area contributed by atoms with Crippen LogP contribution >= 0.6 is 23.2 Å². The van der Waals surface area contributed by atoms with E-state index in [1.54, 1.807) is 24.3 Å². The Morgan fingerprint density at radius 1 is 0.868 bits per heavy atom. The SMILES string of the molecule is CN(C)C(c1ccccc1)C1CCC(NC(=O)c2ccccc2N(C)S(=O)(=O)c2ccc(Cl)c(Cl)c2)CC1. The first-order valence-electron chi connectivity index (χ1n) is 12.6. The Hall–Kier alpha value is -2.58. The van der Waals surface area contributed by atoms with Gasteiger partial charge in [0.25, 0.3) is 15.9 Å². The van der Waals surface area contributed by atoms with Crippen LogP contribution in [0.4, 0.5) is 5.69 Å². The largest absolute Gasteiger partial charge is 0.349 e. The lowest BCUT2D eigenvalue weighted by Crippen LogP contribution is -2.40. The lowest BCUT2D eigenvalue weighted by Gasteiger charge is -2.38. The summed E-state index contributed by atoms with van der Waals surface area (Å²) < 4.78 is 27.8. The lowest BCUT2D eigenvalue weighted by atomic mass is 9.78. The molecule has 0 heterocycles. The number of carbonyl (C=O) groups is 1. The van der Waals surface area contributed by atoms with Crippen LogP contribution in [-0.4, -0.2) is 46.4 Å². The van der Waals surface area contributed by atoms with E-state index in [-0.39, 0.29) is 26.9 Å². The number of halogens is 2. The van der Waals surface area contributed by atoms with Crippen LogP contribution in [-0.2, 0) is 10.0 Å². The second kappa shape index (κ2) is 12.1. The summed E-state index contributed by atoms with van der Waals surface area (Å²) in [6.07, 6.45) is 3.73. The number of rotatable bonds is 8. The van der Waals surface area contributed by atoms with Crippen molar-refractivity contribution in [3.8, 4) is 0 Å². The summed E-state index contributed by atoms with van der Waals surface area (Å²) in [7, 11) is 1.70. The molecular formula is C29H33Cl2N3O3S. The maximum absolute atomic E-state index is 13.4. The predicted octanol–water partition coefficient (Wildman–Crippen LogP) is 6.41. The fourth-order valence-corrected chi connectivity index (χ4v) is 6.95. The number of sulfonamides is 1. The van der Waals surface area contributed by atoms with Gasteiger partial charge >= 0.3 is 0 Å². The maximum Gasteiger partial charge on any atom is 0.264 e. The highest BCUT2D eigenvalue weighted by molar-refractivity contribution is 7.92. The van der Waals surface area contributed by atoms with Crippen LogP contribution < -0.4 is 9.62 Å². The first-order valence-corrected chi connectivity index (χ1v) is 14.8. The van der Waals surface area contributed by atoms with Gasteiger partial charge in [0, 0.05) is 19.1 Å². The van der Waals surface area contributed by atoms with Gasteiger partial charge in [-0.2, -0.15) is 0 Å². The third kappa shape index (κ3) is 6.18. The Morgan fingerprint density at radius 3 is 2.13 bits per heavy atom. The summed E-state index contributed by atoms with van der Waals surface area (Å²) in [5.74, 6) is 0.211. The van der Waals surface area contributed by atoms with Crippen LogP contribution in [0, 0.1) is 5.92 Å². The average Bonchev–Trinajstić information content (AvgIpc) is 2.91. The molecular weight excluding hydrogens is 541 g/mol. The number of para-hydroxylation sites is 1. The van der Waals surface area contributed by atoms with Crippen LogP contribution in [0.1, 0.15) is 47.6 Å². The molecule has 38 heavy (non-hydrogen) atoms. The van der Waals surface area contributed by atoms with Gasteiger partial charge in [0.2, 0.25) is 0 Å². The van der Waals surface area contributed by atoms with Crippen molar-refractivity contribution >= 4 is 44.8 Å². The minimum Gasteiger partial charge on any atom is -0.349 e. The van der Waals surface area contributed by atoms with Gasteiger partial charge in [-0.1, -0.05) is 65.7 Å². The quantitative estimate of drug-likeness (QED) is 0.338. The Kier molecular flexibility index (Phi) is 9.04. The second-order valence-corrected chi connectivity index (χ2v) is 12.8. The van der Waals surface area contributed by atoms with Crippen LogP contribution in [0.15, 0.2) is 77.7 Å². The number of hydrogen-bond acceptors (Lipinski definition) is 4. The fourth-order valence-electron chi connectivity index (χ4n) is 5.35. The molecule has 0 aliphatic heterocycles. The number of hydrogen-bond donors (Lipinski definition) is 1. The lowest BCUT2D eigenvalue weighted by molar-refractivity contribution is 0.0907. The Balaban J connectivity index is 1.46. The predicted molar refractivity (Wildman–Crippen MR) is 155 cm³/mol.